The Morgan fingerprint density at radius 2 is 1.35 bits per heavy atom. The van der Waals surface area contributed by atoms with Gasteiger partial charge in [-0.1, -0.05) is 44.2 Å². The first-order valence-corrected chi connectivity index (χ1v) is 11.8. The minimum absolute atomic E-state index is 0.183. The highest BCUT2D eigenvalue weighted by Crippen LogP contribution is 2.27. The van der Waals surface area contributed by atoms with Gasteiger partial charge in [-0.3, -0.25) is 0 Å². The summed E-state index contributed by atoms with van der Waals surface area (Å²) in [7, 11) is -0.665. The average Bonchev–Trinajstić information content (AvgIpc) is 2.74. The van der Waals surface area contributed by atoms with E-state index in [1.54, 1.807) is 44.6 Å². The maximum atomic E-state index is 13.7. The van der Waals surface area contributed by atoms with E-state index in [-0.39, 0.29) is 25.4 Å². The quantitative estimate of drug-likeness (QED) is 0.498. The summed E-state index contributed by atoms with van der Waals surface area (Å²) in [6, 6.07) is 14.6. The molecule has 0 aliphatic rings. The summed E-state index contributed by atoms with van der Waals surface area (Å²) in [5.74, 6) is 1.14. The minimum atomic E-state index is -3.84. The van der Waals surface area contributed by atoms with Gasteiger partial charge in [0.05, 0.1) is 20.3 Å². The predicted octanol–water partition coefficient (Wildman–Crippen LogP) is 4.00. The second-order valence-corrected chi connectivity index (χ2v) is 9.90. The Morgan fingerprint density at radius 3 is 1.68 bits per heavy atom. The average molecular weight is 448 g/mol. The molecular weight excluding hydrogens is 414 g/mol. The lowest BCUT2D eigenvalue weighted by Crippen LogP contribution is -2.46. The Kier molecular flexibility index (Phi) is 9.10. The molecule has 0 saturated carbocycles. The van der Waals surface area contributed by atoms with Gasteiger partial charge in [0, 0.05) is 13.1 Å². The summed E-state index contributed by atoms with van der Waals surface area (Å²) in [5, 5.41) is 9.68. The van der Waals surface area contributed by atoms with Crippen molar-refractivity contribution in [2.24, 2.45) is 5.92 Å². The maximum absolute atomic E-state index is 13.7. The summed E-state index contributed by atoms with van der Waals surface area (Å²) in [6.45, 7) is 7.64. The smallest absolute Gasteiger partial charge is 0.220 e. The molecule has 0 aromatic heterocycles. The van der Waals surface area contributed by atoms with Crippen molar-refractivity contribution in [3.05, 3.63) is 72.3 Å². The third kappa shape index (κ3) is 6.56. The van der Waals surface area contributed by atoms with Crippen LogP contribution in [0.2, 0.25) is 0 Å². The van der Waals surface area contributed by atoms with Gasteiger partial charge >= 0.3 is 0 Å². The SMILES string of the molecule is C=CCC(O)C(C(C)C)S(=O)(=O)N(Cc1ccc(OC)cc1)Cc1ccc(OC)cc1. The van der Waals surface area contributed by atoms with Gasteiger partial charge in [0.15, 0.2) is 0 Å². The van der Waals surface area contributed by atoms with Crippen LogP contribution in [0.15, 0.2) is 61.2 Å². The van der Waals surface area contributed by atoms with E-state index in [0.717, 1.165) is 11.1 Å². The second-order valence-electron chi connectivity index (χ2n) is 7.81. The molecule has 2 atom stereocenters. The summed E-state index contributed by atoms with van der Waals surface area (Å²) in [6.07, 6.45) is 0.727. The monoisotopic (exact) mass is 447 g/mol. The second kappa shape index (κ2) is 11.3. The summed E-state index contributed by atoms with van der Waals surface area (Å²) in [5.41, 5.74) is 1.66. The molecule has 0 amide bonds. The molecule has 2 unspecified atom stereocenters. The van der Waals surface area contributed by atoms with E-state index in [4.69, 9.17) is 9.47 Å². The number of rotatable bonds is 12. The standard InChI is InChI=1S/C24H33NO5S/c1-6-7-23(26)24(18(2)3)31(27,28)25(16-19-8-12-21(29-4)13-9-19)17-20-10-14-22(30-5)15-11-20/h6,8-15,18,23-24,26H,1,7,16-17H2,2-5H3. The molecule has 31 heavy (non-hydrogen) atoms. The summed E-state index contributed by atoms with van der Waals surface area (Å²) < 4.78 is 39.3. The maximum Gasteiger partial charge on any atom is 0.220 e. The van der Waals surface area contributed by atoms with Crippen molar-refractivity contribution in [2.75, 3.05) is 14.2 Å². The van der Waals surface area contributed by atoms with E-state index in [1.165, 1.54) is 4.31 Å². The zero-order valence-electron chi connectivity index (χ0n) is 18.7. The number of aliphatic hydroxyl groups is 1. The topological polar surface area (TPSA) is 76.1 Å². The third-order valence-electron chi connectivity index (χ3n) is 5.18. The van der Waals surface area contributed by atoms with Gasteiger partial charge in [0.25, 0.3) is 0 Å². The number of methoxy groups -OCH3 is 2. The van der Waals surface area contributed by atoms with Crippen molar-refractivity contribution in [1.29, 1.82) is 0 Å². The van der Waals surface area contributed by atoms with Crippen LogP contribution in [0.25, 0.3) is 0 Å². The molecular formula is C24H33NO5S. The van der Waals surface area contributed by atoms with E-state index < -0.39 is 21.4 Å². The molecule has 6 nitrogen and oxygen atoms in total. The van der Waals surface area contributed by atoms with E-state index in [0.29, 0.717) is 11.5 Å². The van der Waals surface area contributed by atoms with Crippen LogP contribution in [-0.4, -0.2) is 43.4 Å². The largest absolute Gasteiger partial charge is 0.497 e. The van der Waals surface area contributed by atoms with Crippen molar-refractivity contribution in [2.45, 2.75) is 44.7 Å². The Labute approximate surface area is 186 Å². The number of sulfonamides is 1. The minimum Gasteiger partial charge on any atom is -0.497 e. The van der Waals surface area contributed by atoms with Gasteiger partial charge in [0.1, 0.15) is 16.7 Å². The zero-order chi connectivity index (χ0) is 23.0. The molecule has 2 rings (SSSR count). The molecule has 7 heteroatoms. The highest BCUT2D eigenvalue weighted by molar-refractivity contribution is 7.89. The van der Waals surface area contributed by atoms with Crippen LogP contribution in [0.1, 0.15) is 31.4 Å². The number of nitrogens with zero attached hydrogens (tertiary/aromatic N) is 1. The highest BCUT2D eigenvalue weighted by Gasteiger charge is 2.39. The fraction of sp³-hybridized carbons (Fsp3) is 0.417. The summed E-state index contributed by atoms with van der Waals surface area (Å²) in [4.78, 5) is 0. The number of benzene rings is 2. The van der Waals surface area contributed by atoms with Gasteiger partial charge in [-0.25, -0.2) is 8.42 Å². The number of hydrogen-bond acceptors (Lipinski definition) is 5. The molecule has 2 aromatic carbocycles. The van der Waals surface area contributed by atoms with Crippen LogP contribution < -0.4 is 9.47 Å². The van der Waals surface area contributed by atoms with E-state index >= 15 is 0 Å². The lowest BCUT2D eigenvalue weighted by atomic mass is 10.0. The Hall–Kier alpha value is -2.35. The fourth-order valence-corrected chi connectivity index (χ4v) is 5.77. The summed E-state index contributed by atoms with van der Waals surface area (Å²) >= 11 is 0. The molecule has 170 valence electrons. The molecule has 0 spiro atoms. The van der Waals surface area contributed by atoms with Crippen LogP contribution >= 0.6 is 0 Å². The Bertz CT molecular complexity index is 874. The first-order chi connectivity index (χ1) is 14.7. The number of ether oxygens (including phenoxy) is 2. The van der Waals surface area contributed by atoms with Gasteiger partial charge in [-0.2, -0.15) is 4.31 Å². The first kappa shape index (κ1) is 24.9. The molecule has 0 aliphatic heterocycles. The normalized spacial score (nSPS) is 13.8. The number of aliphatic hydroxyl groups excluding tert-OH is 1. The molecule has 0 aliphatic carbocycles. The zero-order valence-corrected chi connectivity index (χ0v) is 19.5. The van der Waals surface area contributed by atoms with Crippen molar-refractivity contribution in [3.63, 3.8) is 0 Å². The Morgan fingerprint density at radius 1 is 0.935 bits per heavy atom. The van der Waals surface area contributed by atoms with Crippen molar-refractivity contribution in [3.8, 4) is 11.5 Å². The van der Waals surface area contributed by atoms with Crippen LogP contribution in [-0.2, 0) is 23.1 Å². The van der Waals surface area contributed by atoms with Gasteiger partial charge in [0.2, 0.25) is 10.0 Å². The van der Waals surface area contributed by atoms with E-state index in [2.05, 4.69) is 6.58 Å². The first-order valence-electron chi connectivity index (χ1n) is 10.3. The van der Waals surface area contributed by atoms with Crippen molar-refractivity contribution >= 4 is 10.0 Å². The van der Waals surface area contributed by atoms with Crippen molar-refractivity contribution in [1.82, 2.24) is 4.31 Å². The van der Waals surface area contributed by atoms with Gasteiger partial charge in [-0.05, 0) is 47.7 Å². The molecule has 0 heterocycles. The molecule has 0 saturated heterocycles. The van der Waals surface area contributed by atoms with Crippen LogP contribution in [0, 0.1) is 5.92 Å². The van der Waals surface area contributed by atoms with Crippen LogP contribution in [0.5, 0.6) is 11.5 Å². The van der Waals surface area contributed by atoms with E-state index in [9.17, 15) is 13.5 Å². The third-order valence-corrected chi connectivity index (χ3v) is 7.71. The van der Waals surface area contributed by atoms with E-state index in [1.807, 2.05) is 38.1 Å². The lowest BCUT2D eigenvalue weighted by molar-refractivity contribution is 0.151. The number of hydrogen-bond donors (Lipinski definition) is 1. The predicted molar refractivity (Wildman–Crippen MR) is 124 cm³/mol. The van der Waals surface area contributed by atoms with Crippen molar-refractivity contribution < 1.29 is 23.0 Å². The molecule has 1 N–H and O–H groups in total. The Balaban J connectivity index is 2.42. The lowest BCUT2D eigenvalue weighted by Gasteiger charge is -2.32. The highest BCUT2D eigenvalue weighted by atomic mass is 32.2. The molecule has 0 fully saturated rings. The van der Waals surface area contributed by atoms with Crippen LogP contribution in [0.4, 0.5) is 0 Å². The molecule has 2 aromatic rings. The molecule has 0 radical (unpaired) electrons. The van der Waals surface area contributed by atoms with Crippen LogP contribution in [0.3, 0.4) is 0 Å². The van der Waals surface area contributed by atoms with Gasteiger partial charge < -0.3 is 14.6 Å². The van der Waals surface area contributed by atoms with Gasteiger partial charge in [-0.15, -0.1) is 6.58 Å². The molecule has 0 bridgehead atoms. The fourth-order valence-electron chi connectivity index (χ4n) is 3.57.